The summed E-state index contributed by atoms with van der Waals surface area (Å²) in [5.74, 6) is -1.04. The smallest absolute Gasteiger partial charge is 0.314 e. The summed E-state index contributed by atoms with van der Waals surface area (Å²) < 4.78 is 5.17. The molecule has 0 unspecified atom stereocenters. The molecule has 7 heteroatoms. The predicted octanol–water partition coefficient (Wildman–Crippen LogP) is 5.02. The summed E-state index contributed by atoms with van der Waals surface area (Å²) in [6.45, 7) is 3.90. The third-order valence-corrected chi connectivity index (χ3v) is 3.62. The molecule has 0 saturated carbocycles. The van der Waals surface area contributed by atoms with E-state index in [2.05, 4.69) is 0 Å². The quantitative estimate of drug-likeness (QED) is 0.304. The number of carbonyl (C=O) groups is 1. The Morgan fingerprint density at radius 2 is 2.05 bits per heavy atom. The monoisotopic (exact) mass is 333 g/mol. The fourth-order valence-electron chi connectivity index (χ4n) is 1.91. The Labute approximate surface area is 133 Å². The van der Waals surface area contributed by atoms with E-state index < -0.39 is 16.6 Å². The van der Waals surface area contributed by atoms with Crippen molar-refractivity contribution in [1.82, 2.24) is 0 Å². The van der Waals surface area contributed by atoms with Crippen molar-refractivity contribution in [1.29, 1.82) is 0 Å². The van der Waals surface area contributed by atoms with E-state index in [4.69, 9.17) is 27.9 Å². The standard InChI is InChI=1S/C14H17Cl2NO4/c1-3-5-6-9(4-2)14(18)21-13-11(16)7-10(15)8-12(13)17(19)20/h7-9H,3-6H2,1-2H3/t9-/m0/s1. The molecular weight excluding hydrogens is 317 g/mol. The van der Waals surface area contributed by atoms with Gasteiger partial charge in [0.2, 0.25) is 5.75 Å². The first-order valence-electron chi connectivity index (χ1n) is 6.75. The first kappa shape index (κ1) is 17.7. The van der Waals surface area contributed by atoms with Crippen molar-refractivity contribution in [3.63, 3.8) is 0 Å². The second-order valence-electron chi connectivity index (χ2n) is 4.66. The number of benzene rings is 1. The van der Waals surface area contributed by atoms with E-state index in [1.807, 2.05) is 13.8 Å². The number of esters is 1. The number of rotatable bonds is 7. The maximum Gasteiger partial charge on any atom is 0.314 e. The minimum Gasteiger partial charge on any atom is -0.417 e. The minimum absolute atomic E-state index is 0.0482. The lowest BCUT2D eigenvalue weighted by molar-refractivity contribution is -0.385. The zero-order chi connectivity index (χ0) is 16.0. The zero-order valence-electron chi connectivity index (χ0n) is 11.9. The Morgan fingerprint density at radius 1 is 1.38 bits per heavy atom. The third kappa shape index (κ3) is 4.86. The van der Waals surface area contributed by atoms with E-state index >= 15 is 0 Å². The molecule has 0 aliphatic rings. The molecule has 0 aromatic heterocycles. The summed E-state index contributed by atoms with van der Waals surface area (Å²) in [5.41, 5.74) is -0.411. The maximum atomic E-state index is 12.1. The summed E-state index contributed by atoms with van der Waals surface area (Å²) in [4.78, 5) is 22.5. The second-order valence-corrected chi connectivity index (χ2v) is 5.51. The molecule has 0 amide bonds. The molecule has 1 rings (SSSR count). The van der Waals surface area contributed by atoms with Crippen LogP contribution in [0.25, 0.3) is 0 Å². The lowest BCUT2D eigenvalue weighted by atomic mass is 10.00. The topological polar surface area (TPSA) is 69.4 Å². The van der Waals surface area contributed by atoms with Gasteiger partial charge in [0.15, 0.2) is 0 Å². The van der Waals surface area contributed by atoms with Gasteiger partial charge in [-0.1, -0.05) is 49.9 Å². The number of nitrogens with zero attached hydrogens (tertiary/aromatic N) is 1. The van der Waals surface area contributed by atoms with Gasteiger partial charge in [-0.3, -0.25) is 14.9 Å². The molecule has 0 radical (unpaired) electrons. The van der Waals surface area contributed by atoms with Gasteiger partial charge in [-0.2, -0.15) is 0 Å². The van der Waals surface area contributed by atoms with Crippen LogP contribution in [0.15, 0.2) is 12.1 Å². The minimum atomic E-state index is -0.673. The van der Waals surface area contributed by atoms with Gasteiger partial charge < -0.3 is 4.74 Å². The molecule has 0 N–H and O–H groups in total. The van der Waals surface area contributed by atoms with Crippen LogP contribution in [-0.4, -0.2) is 10.9 Å². The zero-order valence-corrected chi connectivity index (χ0v) is 13.4. The Kier molecular flexibility index (Phi) is 6.92. The molecule has 0 bridgehead atoms. The van der Waals surface area contributed by atoms with Crippen LogP contribution < -0.4 is 4.74 Å². The highest BCUT2D eigenvalue weighted by Crippen LogP contribution is 2.38. The molecular formula is C14H17Cl2NO4. The summed E-state index contributed by atoms with van der Waals surface area (Å²) in [6.07, 6.45) is 3.15. The van der Waals surface area contributed by atoms with Gasteiger partial charge in [0.25, 0.3) is 0 Å². The fourth-order valence-corrected chi connectivity index (χ4v) is 2.43. The van der Waals surface area contributed by atoms with Crippen LogP contribution in [0.3, 0.4) is 0 Å². The number of ether oxygens (including phenoxy) is 1. The van der Waals surface area contributed by atoms with Crippen molar-refractivity contribution in [2.45, 2.75) is 39.5 Å². The molecule has 0 fully saturated rings. The molecule has 1 aromatic carbocycles. The van der Waals surface area contributed by atoms with Crippen molar-refractivity contribution < 1.29 is 14.5 Å². The van der Waals surface area contributed by atoms with Crippen molar-refractivity contribution in [3.8, 4) is 5.75 Å². The first-order valence-corrected chi connectivity index (χ1v) is 7.51. The molecule has 1 aromatic rings. The average Bonchev–Trinajstić information content (AvgIpc) is 2.42. The van der Waals surface area contributed by atoms with Crippen LogP contribution in [-0.2, 0) is 4.79 Å². The Balaban J connectivity index is 3.01. The van der Waals surface area contributed by atoms with Gasteiger partial charge in [0, 0.05) is 11.1 Å². The van der Waals surface area contributed by atoms with Crippen molar-refractivity contribution in [2.75, 3.05) is 0 Å². The van der Waals surface area contributed by atoms with Crippen LogP contribution in [0, 0.1) is 16.0 Å². The van der Waals surface area contributed by atoms with E-state index in [1.165, 1.54) is 6.07 Å². The first-order chi connectivity index (χ1) is 9.90. The van der Waals surface area contributed by atoms with Crippen LogP contribution in [0.2, 0.25) is 10.0 Å². The number of halogens is 2. The number of nitro groups is 1. The molecule has 0 heterocycles. The molecule has 21 heavy (non-hydrogen) atoms. The van der Waals surface area contributed by atoms with E-state index in [1.54, 1.807) is 0 Å². The van der Waals surface area contributed by atoms with Gasteiger partial charge in [0.1, 0.15) is 0 Å². The highest BCUT2D eigenvalue weighted by Gasteiger charge is 2.26. The van der Waals surface area contributed by atoms with Gasteiger partial charge in [0.05, 0.1) is 15.9 Å². The van der Waals surface area contributed by atoms with Gasteiger partial charge in [-0.05, 0) is 18.9 Å². The number of unbranched alkanes of at least 4 members (excludes halogenated alkanes) is 1. The molecule has 0 aliphatic heterocycles. The lowest BCUT2D eigenvalue weighted by Crippen LogP contribution is -2.20. The third-order valence-electron chi connectivity index (χ3n) is 3.12. The van der Waals surface area contributed by atoms with Crippen LogP contribution in [0.4, 0.5) is 5.69 Å². The molecule has 0 saturated heterocycles. The number of carbonyl (C=O) groups excluding carboxylic acids is 1. The summed E-state index contributed by atoms with van der Waals surface area (Å²) in [7, 11) is 0. The molecule has 1 atom stereocenters. The van der Waals surface area contributed by atoms with Gasteiger partial charge in [-0.25, -0.2) is 0 Å². The van der Waals surface area contributed by atoms with E-state index in [9.17, 15) is 14.9 Å². The van der Waals surface area contributed by atoms with Crippen molar-refractivity contribution in [2.24, 2.45) is 5.92 Å². The molecule has 0 aliphatic carbocycles. The van der Waals surface area contributed by atoms with Crippen molar-refractivity contribution >= 4 is 34.9 Å². The SMILES string of the molecule is CCCC[C@H](CC)C(=O)Oc1c(Cl)cc(Cl)cc1[N+](=O)[O-]. The van der Waals surface area contributed by atoms with Crippen LogP contribution in [0.5, 0.6) is 5.75 Å². The van der Waals surface area contributed by atoms with Gasteiger partial charge in [-0.15, -0.1) is 0 Å². The van der Waals surface area contributed by atoms with Crippen molar-refractivity contribution in [3.05, 3.63) is 32.3 Å². The molecule has 5 nitrogen and oxygen atoms in total. The van der Waals surface area contributed by atoms with Gasteiger partial charge >= 0.3 is 11.7 Å². The highest BCUT2D eigenvalue weighted by molar-refractivity contribution is 6.36. The largest absolute Gasteiger partial charge is 0.417 e. The summed E-state index contributed by atoms with van der Waals surface area (Å²) >= 11 is 11.6. The lowest BCUT2D eigenvalue weighted by Gasteiger charge is -2.14. The summed E-state index contributed by atoms with van der Waals surface area (Å²) in [6, 6.07) is 2.43. The van der Waals surface area contributed by atoms with Crippen LogP contribution in [0.1, 0.15) is 39.5 Å². The number of hydrogen-bond donors (Lipinski definition) is 0. The summed E-state index contributed by atoms with van der Waals surface area (Å²) in [5, 5.41) is 11.1. The second kappa shape index (κ2) is 8.20. The Morgan fingerprint density at radius 3 is 2.57 bits per heavy atom. The predicted molar refractivity (Wildman–Crippen MR) is 82.1 cm³/mol. The maximum absolute atomic E-state index is 12.1. The molecule has 116 valence electrons. The fraction of sp³-hybridized carbons (Fsp3) is 0.500. The Bertz CT molecular complexity index is 534. The van der Waals surface area contributed by atoms with E-state index in [0.29, 0.717) is 12.8 Å². The number of hydrogen-bond acceptors (Lipinski definition) is 4. The van der Waals surface area contributed by atoms with E-state index in [0.717, 1.165) is 18.9 Å². The Hall–Kier alpha value is -1.33. The highest BCUT2D eigenvalue weighted by atomic mass is 35.5. The normalized spacial score (nSPS) is 12.0. The van der Waals surface area contributed by atoms with E-state index in [-0.39, 0.29) is 21.7 Å². The average molecular weight is 334 g/mol. The molecule has 0 spiro atoms. The number of nitro benzene ring substituents is 1. The van der Waals surface area contributed by atoms with Crippen LogP contribution >= 0.6 is 23.2 Å².